The van der Waals surface area contributed by atoms with Gasteiger partial charge in [0, 0.05) is 37.4 Å². The Bertz CT molecular complexity index is 1310. The number of benzene rings is 2. The summed E-state index contributed by atoms with van der Waals surface area (Å²) in [5.74, 6) is 2.30. The molecule has 0 atom stereocenters. The Labute approximate surface area is 202 Å². The van der Waals surface area contributed by atoms with Crippen molar-refractivity contribution in [3.8, 4) is 12.3 Å². The van der Waals surface area contributed by atoms with Crippen molar-refractivity contribution in [1.29, 1.82) is 0 Å². The molecule has 0 radical (unpaired) electrons. The van der Waals surface area contributed by atoms with Gasteiger partial charge in [-0.2, -0.15) is 0 Å². The van der Waals surface area contributed by atoms with Gasteiger partial charge in [-0.05, 0) is 42.0 Å². The highest BCUT2D eigenvalue weighted by Gasteiger charge is 2.17. The van der Waals surface area contributed by atoms with Gasteiger partial charge in [0.1, 0.15) is 5.82 Å². The number of aromatic carboxylic acids is 1. The molecule has 0 saturated carbocycles. The van der Waals surface area contributed by atoms with Crippen LogP contribution >= 0.6 is 11.6 Å². The van der Waals surface area contributed by atoms with Crippen LogP contribution in [0.3, 0.4) is 0 Å². The summed E-state index contributed by atoms with van der Waals surface area (Å²) in [5.41, 5.74) is 2.09. The van der Waals surface area contributed by atoms with Crippen molar-refractivity contribution in [3.63, 3.8) is 0 Å². The summed E-state index contributed by atoms with van der Waals surface area (Å²) in [5, 5.41) is 10.1. The van der Waals surface area contributed by atoms with Gasteiger partial charge in [0.15, 0.2) is 0 Å². The van der Waals surface area contributed by atoms with Crippen LogP contribution in [0, 0.1) is 12.3 Å². The molecule has 1 aliphatic heterocycles. The second-order valence-corrected chi connectivity index (χ2v) is 8.56. The molecule has 2 heterocycles. The number of fused-ring (bicyclic) bond motifs is 1. The fraction of sp³-hybridized carbons (Fsp3) is 0.320. The summed E-state index contributed by atoms with van der Waals surface area (Å²) in [6.07, 6.45) is 5.57. The average Bonchev–Trinajstić information content (AvgIpc) is 2.83. The van der Waals surface area contributed by atoms with Crippen molar-refractivity contribution < 1.29 is 14.6 Å². The topological polar surface area (TPSA) is 87.9 Å². The van der Waals surface area contributed by atoms with E-state index in [1.165, 1.54) is 12.1 Å². The molecule has 4 rings (SSSR count). The summed E-state index contributed by atoms with van der Waals surface area (Å²) >= 11 is 6.61. The van der Waals surface area contributed by atoms with Crippen molar-refractivity contribution in [3.05, 3.63) is 68.7 Å². The minimum Gasteiger partial charge on any atom is -0.478 e. The average molecular weight is 481 g/mol. The number of nitrogens with zero attached hydrogens (tertiary/aromatic N) is 4. The van der Waals surface area contributed by atoms with E-state index in [1.807, 2.05) is 4.90 Å². The highest BCUT2D eigenvalue weighted by Crippen LogP contribution is 2.26. The van der Waals surface area contributed by atoms with Gasteiger partial charge >= 0.3 is 5.97 Å². The van der Waals surface area contributed by atoms with Gasteiger partial charge < -0.3 is 14.7 Å². The Hall–Kier alpha value is -3.38. The molecule has 176 valence electrons. The molecule has 2 aromatic carbocycles. The molecule has 8 nitrogen and oxygen atoms in total. The third kappa shape index (κ3) is 5.07. The van der Waals surface area contributed by atoms with Gasteiger partial charge in [-0.3, -0.25) is 14.3 Å². The zero-order chi connectivity index (χ0) is 24.2. The van der Waals surface area contributed by atoms with Crippen molar-refractivity contribution in [2.45, 2.75) is 13.1 Å². The number of carbonyl (C=O) groups is 1. The van der Waals surface area contributed by atoms with Crippen molar-refractivity contribution in [1.82, 2.24) is 14.5 Å². The number of carboxylic acids is 1. The summed E-state index contributed by atoms with van der Waals surface area (Å²) in [6, 6.07) is 9.94. The normalized spacial score (nSPS) is 14.1. The van der Waals surface area contributed by atoms with Gasteiger partial charge in [-0.25, -0.2) is 9.78 Å². The summed E-state index contributed by atoms with van der Waals surface area (Å²) in [6.45, 7) is 4.14. The van der Waals surface area contributed by atoms with E-state index in [-0.39, 0.29) is 17.7 Å². The lowest BCUT2D eigenvalue weighted by atomic mass is 10.1. The third-order valence-electron chi connectivity index (χ3n) is 5.93. The Morgan fingerprint density at radius 2 is 1.97 bits per heavy atom. The largest absolute Gasteiger partial charge is 0.478 e. The summed E-state index contributed by atoms with van der Waals surface area (Å²) in [7, 11) is 1.73. The number of carboxylic acid groups (broad SMARTS) is 1. The van der Waals surface area contributed by atoms with Crippen molar-refractivity contribution >= 4 is 34.2 Å². The molecule has 1 aromatic heterocycles. The van der Waals surface area contributed by atoms with Crippen LogP contribution in [-0.4, -0.2) is 58.4 Å². The molecule has 1 N–H and O–H groups in total. The highest BCUT2D eigenvalue weighted by molar-refractivity contribution is 6.32. The van der Waals surface area contributed by atoms with Gasteiger partial charge in [-0.15, -0.1) is 6.42 Å². The third-order valence-corrected chi connectivity index (χ3v) is 6.28. The number of morpholine rings is 1. The van der Waals surface area contributed by atoms with Gasteiger partial charge in [0.25, 0.3) is 5.56 Å². The first-order chi connectivity index (χ1) is 16.4. The second kappa shape index (κ2) is 10.3. The number of terminal acetylenes is 1. The number of anilines is 1. The minimum atomic E-state index is -0.996. The maximum absolute atomic E-state index is 13.2. The van der Waals surface area contributed by atoms with E-state index >= 15 is 0 Å². The number of hydrogen-bond acceptors (Lipinski definition) is 6. The Morgan fingerprint density at radius 3 is 2.62 bits per heavy atom. The van der Waals surface area contributed by atoms with Crippen LogP contribution in [0.2, 0.25) is 5.02 Å². The zero-order valence-electron chi connectivity index (χ0n) is 18.8. The molecule has 0 unspecified atom stereocenters. The lowest BCUT2D eigenvalue weighted by molar-refractivity contribution is 0.0325. The molecule has 3 aromatic rings. The van der Waals surface area contributed by atoms with Crippen LogP contribution in [0.1, 0.15) is 21.7 Å². The first kappa shape index (κ1) is 23.8. The number of rotatable bonds is 7. The maximum Gasteiger partial charge on any atom is 0.335 e. The quantitative estimate of drug-likeness (QED) is 0.520. The van der Waals surface area contributed by atoms with E-state index in [1.54, 1.807) is 35.9 Å². The summed E-state index contributed by atoms with van der Waals surface area (Å²) < 4.78 is 6.98. The van der Waals surface area contributed by atoms with E-state index in [2.05, 4.69) is 10.8 Å². The molecule has 0 bridgehead atoms. The van der Waals surface area contributed by atoms with E-state index in [0.29, 0.717) is 48.1 Å². The van der Waals surface area contributed by atoms with Gasteiger partial charge in [0.05, 0.1) is 42.8 Å². The van der Waals surface area contributed by atoms with Crippen LogP contribution in [0.25, 0.3) is 10.9 Å². The standard InChI is InChI=1S/C25H25ClN4O4/c1-3-8-30(19-6-4-17(5-7-19)25(32)33)15-18-13-20-22(14-21(18)26)27-23(28(2)24(20)31)16-29-9-11-34-12-10-29/h1,4-7,13-14H,8-12,15-16H2,2H3,(H,32,33). The zero-order valence-corrected chi connectivity index (χ0v) is 19.6. The first-order valence-corrected chi connectivity index (χ1v) is 11.2. The van der Waals surface area contributed by atoms with Crippen LogP contribution in [0.15, 0.2) is 41.2 Å². The Morgan fingerprint density at radius 1 is 1.26 bits per heavy atom. The van der Waals surface area contributed by atoms with Crippen molar-refractivity contribution in [2.75, 3.05) is 37.7 Å². The fourth-order valence-electron chi connectivity index (χ4n) is 3.97. The van der Waals surface area contributed by atoms with E-state index in [4.69, 9.17) is 32.9 Å². The molecular formula is C25H25ClN4O4. The number of halogens is 1. The number of hydrogen-bond donors (Lipinski definition) is 1. The molecule has 1 aliphatic rings. The predicted molar refractivity (Wildman–Crippen MR) is 131 cm³/mol. The van der Waals surface area contributed by atoms with Gasteiger partial charge in [0.2, 0.25) is 0 Å². The number of ether oxygens (including phenoxy) is 1. The fourth-order valence-corrected chi connectivity index (χ4v) is 4.19. The molecular weight excluding hydrogens is 456 g/mol. The smallest absolute Gasteiger partial charge is 0.335 e. The van der Waals surface area contributed by atoms with Crippen LogP contribution in [0.4, 0.5) is 5.69 Å². The highest BCUT2D eigenvalue weighted by atomic mass is 35.5. The molecule has 0 amide bonds. The summed E-state index contributed by atoms with van der Waals surface area (Å²) in [4.78, 5) is 33.2. The molecule has 1 saturated heterocycles. The van der Waals surface area contributed by atoms with Crippen molar-refractivity contribution in [2.24, 2.45) is 7.05 Å². The monoisotopic (exact) mass is 480 g/mol. The first-order valence-electron chi connectivity index (χ1n) is 10.9. The van der Waals surface area contributed by atoms with Crippen LogP contribution < -0.4 is 10.5 Å². The van der Waals surface area contributed by atoms with E-state index < -0.39 is 5.97 Å². The maximum atomic E-state index is 13.2. The minimum absolute atomic E-state index is 0.138. The SMILES string of the molecule is C#CCN(Cc1cc2c(=O)n(C)c(CN3CCOCC3)nc2cc1Cl)c1ccc(C(=O)O)cc1. The van der Waals surface area contributed by atoms with E-state index in [0.717, 1.165) is 24.3 Å². The van der Waals surface area contributed by atoms with E-state index in [9.17, 15) is 9.59 Å². The second-order valence-electron chi connectivity index (χ2n) is 8.15. The molecule has 9 heteroatoms. The van der Waals surface area contributed by atoms with Crippen LogP contribution in [-0.2, 0) is 24.9 Å². The lowest BCUT2D eigenvalue weighted by Gasteiger charge is -2.27. The molecule has 34 heavy (non-hydrogen) atoms. The molecule has 0 spiro atoms. The predicted octanol–water partition coefficient (Wildman–Crippen LogP) is 2.76. The lowest BCUT2D eigenvalue weighted by Crippen LogP contribution is -2.37. The van der Waals surface area contributed by atoms with Crippen LogP contribution in [0.5, 0.6) is 0 Å². The Kier molecular flexibility index (Phi) is 7.17. The molecule has 0 aliphatic carbocycles. The number of aromatic nitrogens is 2. The Balaban J connectivity index is 1.65. The van der Waals surface area contributed by atoms with Gasteiger partial charge in [-0.1, -0.05) is 17.5 Å². The molecule has 1 fully saturated rings.